The Morgan fingerprint density at radius 2 is 1.65 bits per heavy atom. The number of methoxy groups -OCH3 is 1. The van der Waals surface area contributed by atoms with Crippen LogP contribution in [0.5, 0.6) is 17.2 Å². The number of phenols is 2. The molecule has 1 unspecified atom stereocenters. The van der Waals surface area contributed by atoms with Crippen molar-refractivity contribution in [2.75, 3.05) is 12.4 Å². The Labute approximate surface area is 180 Å². The molecule has 0 amide bonds. The highest BCUT2D eigenvalue weighted by Gasteiger charge is 2.41. The van der Waals surface area contributed by atoms with E-state index in [2.05, 4.69) is 5.32 Å². The fourth-order valence-electron chi connectivity index (χ4n) is 2.88. The number of rotatable bonds is 10. The van der Waals surface area contributed by atoms with Crippen LogP contribution >= 0.6 is 7.60 Å². The molecule has 170 valence electrons. The van der Waals surface area contributed by atoms with Crippen LogP contribution in [0.1, 0.15) is 39.0 Å². The minimum atomic E-state index is -4.05. The van der Waals surface area contributed by atoms with Crippen molar-refractivity contribution in [3.8, 4) is 17.2 Å². The third-order valence-corrected chi connectivity index (χ3v) is 6.50. The number of hydrogen-bond acceptors (Lipinski definition) is 9. The number of ether oxygens (including phenoxy) is 1. The minimum Gasteiger partial charge on any atom is -0.508 e. The van der Waals surface area contributed by atoms with Gasteiger partial charge in [0.2, 0.25) is 0 Å². The Bertz CT molecular complexity index is 966. The van der Waals surface area contributed by atoms with Gasteiger partial charge in [0.05, 0.1) is 30.3 Å². The fraction of sp³-hybridized carbons (Fsp3) is 0.400. The topological polar surface area (TPSA) is 140 Å². The Balaban J connectivity index is 2.68. The van der Waals surface area contributed by atoms with Gasteiger partial charge in [-0.2, -0.15) is 0 Å². The molecule has 2 aromatic carbocycles. The van der Waals surface area contributed by atoms with Crippen molar-refractivity contribution in [3.05, 3.63) is 52.1 Å². The standard InChI is InChI=1S/C20H27N2O8P/c1-12(2)29-31(27,30-13(3)4)20(16-8-6-14(23)10-19(16)24)21-17-9-7-15(28-5)11-18(17)22(25)26/h6-13,20-21,23-24H,1-5H3. The lowest BCUT2D eigenvalue weighted by Crippen LogP contribution is -2.20. The highest BCUT2D eigenvalue weighted by atomic mass is 31.2. The van der Waals surface area contributed by atoms with E-state index in [1.165, 1.54) is 37.4 Å². The molecule has 2 aromatic rings. The van der Waals surface area contributed by atoms with Gasteiger partial charge in [0.1, 0.15) is 22.9 Å². The predicted molar refractivity (Wildman–Crippen MR) is 116 cm³/mol. The largest absolute Gasteiger partial charge is 0.508 e. The van der Waals surface area contributed by atoms with Crippen LogP contribution in [0.15, 0.2) is 36.4 Å². The first-order valence-electron chi connectivity index (χ1n) is 9.54. The number of aromatic hydroxyl groups is 2. The molecule has 10 nitrogen and oxygen atoms in total. The highest BCUT2D eigenvalue weighted by Crippen LogP contribution is 2.63. The molecule has 0 heterocycles. The predicted octanol–water partition coefficient (Wildman–Crippen LogP) is 5.17. The molecule has 0 aromatic heterocycles. The number of nitro benzene ring substituents is 1. The van der Waals surface area contributed by atoms with Gasteiger partial charge in [-0.05, 0) is 52.0 Å². The van der Waals surface area contributed by atoms with Crippen molar-refractivity contribution in [1.82, 2.24) is 0 Å². The van der Waals surface area contributed by atoms with Crippen LogP contribution in [-0.4, -0.2) is 34.5 Å². The minimum absolute atomic E-state index is 0.0169. The maximum atomic E-state index is 13.9. The van der Waals surface area contributed by atoms with E-state index >= 15 is 0 Å². The lowest BCUT2D eigenvalue weighted by molar-refractivity contribution is -0.384. The third kappa shape index (κ3) is 6.10. The van der Waals surface area contributed by atoms with E-state index in [1.54, 1.807) is 27.7 Å². The molecule has 0 fully saturated rings. The zero-order chi connectivity index (χ0) is 23.3. The Morgan fingerprint density at radius 1 is 1.03 bits per heavy atom. The smallest absolute Gasteiger partial charge is 0.357 e. The van der Waals surface area contributed by atoms with Crippen LogP contribution in [0.2, 0.25) is 0 Å². The average molecular weight is 454 g/mol. The van der Waals surface area contributed by atoms with Crippen molar-refractivity contribution in [3.63, 3.8) is 0 Å². The zero-order valence-electron chi connectivity index (χ0n) is 17.9. The number of hydrogen-bond donors (Lipinski definition) is 3. The van der Waals surface area contributed by atoms with Gasteiger partial charge in [-0.15, -0.1) is 0 Å². The number of anilines is 1. The van der Waals surface area contributed by atoms with Crippen molar-refractivity contribution >= 4 is 19.0 Å². The summed E-state index contributed by atoms with van der Waals surface area (Å²) in [7, 11) is -2.67. The van der Waals surface area contributed by atoms with E-state index < -0.39 is 30.5 Å². The molecule has 2 rings (SSSR count). The Kier molecular flexibility index (Phi) is 7.89. The quantitative estimate of drug-likeness (QED) is 0.252. The molecule has 3 N–H and O–H groups in total. The molecular weight excluding hydrogens is 427 g/mol. The first kappa shape index (κ1) is 24.5. The average Bonchev–Trinajstić information content (AvgIpc) is 2.65. The Hall–Kier alpha value is -2.81. The SMILES string of the molecule is COc1ccc(NC(c2ccc(O)cc2O)P(=O)(OC(C)C)OC(C)C)c([N+](=O)[O-])c1. The van der Waals surface area contributed by atoms with E-state index in [1.807, 2.05) is 0 Å². The normalized spacial score (nSPS) is 12.7. The summed E-state index contributed by atoms with van der Waals surface area (Å²) in [6.07, 6.45) is -1.03. The van der Waals surface area contributed by atoms with E-state index in [0.29, 0.717) is 0 Å². The molecule has 0 radical (unpaired) electrons. The van der Waals surface area contributed by atoms with Gasteiger partial charge in [-0.25, -0.2) is 0 Å². The highest BCUT2D eigenvalue weighted by molar-refractivity contribution is 7.54. The van der Waals surface area contributed by atoms with Crippen molar-refractivity contribution in [2.45, 2.75) is 45.7 Å². The van der Waals surface area contributed by atoms with Crippen LogP contribution in [0.4, 0.5) is 11.4 Å². The number of nitro groups is 1. The maximum absolute atomic E-state index is 13.9. The Morgan fingerprint density at radius 3 is 2.13 bits per heavy atom. The van der Waals surface area contributed by atoms with Gasteiger partial charge in [0.25, 0.3) is 5.69 Å². The van der Waals surface area contributed by atoms with Crippen LogP contribution in [0.3, 0.4) is 0 Å². The van der Waals surface area contributed by atoms with E-state index in [4.69, 9.17) is 13.8 Å². The summed E-state index contributed by atoms with van der Waals surface area (Å²) in [6.45, 7) is 6.67. The van der Waals surface area contributed by atoms with Crippen LogP contribution in [0.25, 0.3) is 0 Å². The van der Waals surface area contributed by atoms with Gasteiger partial charge in [-0.1, -0.05) is 0 Å². The van der Waals surface area contributed by atoms with Gasteiger partial charge in [0, 0.05) is 11.6 Å². The fourth-order valence-corrected chi connectivity index (χ4v) is 5.21. The molecule has 0 bridgehead atoms. The lowest BCUT2D eigenvalue weighted by Gasteiger charge is -2.31. The first-order valence-corrected chi connectivity index (χ1v) is 11.2. The van der Waals surface area contributed by atoms with Crippen LogP contribution in [-0.2, 0) is 13.6 Å². The molecule has 0 aliphatic carbocycles. The molecule has 0 saturated carbocycles. The summed E-state index contributed by atoms with van der Waals surface area (Å²) in [5.74, 6) is -1.64. The first-order chi connectivity index (χ1) is 14.5. The molecule has 0 aliphatic rings. The van der Waals surface area contributed by atoms with E-state index in [-0.39, 0.29) is 34.2 Å². The molecule has 0 spiro atoms. The van der Waals surface area contributed by atoms with Gasteiger partial charge < -0.3 is 29.3 Å². The summed E-state index contributed by atoms with van der Waals surface area (Å²) in [6, 6.07) is 7.82. The summed E-state index contributed by atoms with van der Waals surface area (Å²) in [5.41, 5.74) is -0.237. The summed E-state index contributed by atoms with van der Waals surface area (Å²) in [5, 5.41) is 34.6. The molecule has 1 atom stereocenters. The van der Waals surface area contributed by atoms with Crippen molar-refractivity contribution in [2.24, 2.45) is 0 Å². The van der Waals surface area contributed by atoms with Gasteiger partial charge in [-0.3, -0.25) is 14.7 Å². The lowest BCUT2D eigenvalue weighted by atomic mass is 10.1. The van der Waals surface area contributed by atoms with Crippen LogP contribution < -0.4 is 10.1 Å². The van der Waals surface area contributed by atoms with E-state index in [0.717, 1.165) is 6.07 Å². The number of nitrogens with zero attached hydrogens (tertiary/aromatic N) is 1. The summed E-state index contributed by atoms with van der Waals surface area (Å²) < 4.78 is 30.3. The number of benzene rings is 2. The van der Waals surface area contributed by atoms with Crippen LogP contribution in [0, 0.1) is 10.1 Å². The second kappa shape index (κ2) is 10.00. The molecule has 0 aliphatic heterocycles. The summed E-state index contributed by atoms with van der Waals surface area (Å²) >= 11 is 0. The number of nitrogens with one attached hydrogen (secondary N) is 1. The monoisotopic (exact) mass is 454 g/mol. The van der Waals surface area contributed by atoms with E-state index in [9.17, 15) is 24.9 Å². The maximum Gasteiger partial charge on any atom is 0.357 e. The summed E-state index contributed by atoms with van der Waals surface area (Å²) in [4.78, 5) is 11.0. The second-order valence-electron chi connectivity index (χ2n) is 7.28. The van der Waals surface area contributed by atoms with Gasteiger partial charge >= 0.3 is 7.60 Å². The third-order valence-electron chi connectivity index (χ3n) is 4.03. The molecule has 11 heteroatoms. The van der Waals surface area contributed by atoms with Crippen molar-refractivity contribution in [1.29, 1.82) is 0 Å². The van der Waals surface area contributed by atoms with Crippen molar-refractivity contribution < 1.29 is 33.5 Å². The molecule has 31 heavy (non-hydrogen) atoms. The van der Waals surface area contributed by atoms with Gasteiger partial charge in [0.15, 0.2) is 5.78 Å². The molecular formula is C20H27N2O8P. The number of phenolic OH excluding ortho intramolecular Hbond substituents is 2. The second-order valence-corrected chi connectivity index (χ2v) is 9.30. The zero-order valence-corrected chi connectivity index (χ0v) is 18.8. The molecule has 0 saturated heterocycles.